The van der Waals surface area contributed by atoms with Gasteiger partial charge in [0.1, 0.15) is 0 Å². The Morgan fingerprint density at radius 1 is 0.481 bits per heavy atom. The molecule has 0 aliphatic rings. The van der Waals surface area contributed by atoms with Gasteiger partial charge in [0, 0.05) is 0 Å². The summed E-state index contributed by atoms with van der Waals surface area (Å²) in [4.78, 5) is 0. The van der Waals surface area contributed by atoms with E-state index >= 15 is 0 Å². The van der Waals surface area contributed by atoms with Crippen LogP contribution in [0.1, 0.15) is 95.2 Å². The monoisotopic (exact) mass is 418 g/mol. The zero-order chi connectivity index (χ0) is 20.0. The molecule has 148 valence electrons. The van der Waals surface area contributed by atoms with Gasteiger partial charge < -0.3 is 0 Å². The van der Waals surface area contributed by atoms with Crippen molar-refractivity contribution in [2.24, 2.45) is 0 Å². The van der Waals surface area contributed by atoms with E-state index in [1.807, 2.05) is 0 Å². The molecule has 1 heteroatoms. The van der Waals surface area contributed by atoms with Crippen LogP contribution in [-0.2, 0) is 32.3 Å². The molecule has 0 spiro atoms. The summed E-state index contributed by atoms with van der Waals surface area (Å²) in [5.74, 6) is 0. The average molecular weight is 420 g/mol. The predicted octanol–water partition coefficient (Wildman–Crippen LogP) is 7.96. The second kappa shape index (κ2) is 12.0. The van der Waals surface area contributed by atoms with Crippen molar-refractivity contribution in [3.05, 3.63) is 55.6 Å². The summed E-state index contributed by atoms with van der Waals surface area (Å²) in [5, 5.41) is 0. The van der Waals surface area contributed by atoms with E-state index < -0.39 is 0 Å². The molecule has 2 aromatic carbocycles. The van der Waals surface area contributed by atoms with E-state index in [0.717, 1.165) is 0 Å². The zero-order valence-electron chi connectivity index (χ0n) is 19.9. The summed E-state index contributed by atoms with van der Waals surface area (Å²) >= 11 is 0. The predicted molar refractivity (Wildman–Crippen MR) is 119 cm³/mol. The van der Waals surface area contributed by atoms with Crippen LogP contribution in [-0.4, -0.2) is 0 Å². The van der Waals surface area contributed by atoms with Gasteiger partial charge in [0.15, 0.2) is 0 Å². The first-order chi connectivity index (χ1) is 12.2. The fraction of sp³-hybridized carbons (Fsp3) is 0.615. The first-order valence-electron chi connectivity index (χ1n) is 10.6. The van der Waals surface area contributed by atoms with E-state index in [2.05, 4.69) is 69.2 Å². The number of hydrogen-bond acceptors (Lipinski definition) is 0. The molecule has 2 rings (SSSR count). The summed E-state index contributed by atoms with van der Waals surface area (Å²) in [5.41, 5.74) is 15.4. The molecule has 0 amide bonds. The molecule has 0 atom stereocenters. The van der Waals surface area contributed by atoms with Crippen LogP contribution in [0.15, 0.2) is 0 Å². The van der Waals surface area contributed by atoms with Crippen molar-refractivity contribution >= 4 is 0 Å². The molecule has 0 bridgehead atoms. The minimum absolute atomic E-state index is 0. The van der Waals surface area contributed by atoms with Crippen molar-refractivity contribution in [2.75, 3.05) is 0 Å². The quantitative estimate of drug-likeness (QED) is 0.329. The normalized spacial score (nSPS) is 10.4. The van der Waals surface area contributed by atoms with Crippen molar-refractivity contribution < 1.29 is 19.5 Å². The Morgan fingerprint density at radius 3 is 0.889 bits per heavy atom. The van der Waals surface area contributed by atoms with E-state index in [0.29, 0.717) is 0 Å². The first-order valence-corrected chi connectivity index (χ1v) is 10.6. The van der Waals surface area contributed by atoms with Gasteiger partial charge in [-0.05, 0) is 0 Å². The molecule has 0 nitrogen and oxygen atoms in total. The molecule has 0 fully saturated rings. The maximum absolute atomic E-state index is 2.26. The molecule has 0 radical (unpaired) electrons. The molecular weight excluding hydrogens is 378 g/mol. The second-order valence-corrected chi connectivity index (χ2v) is 8.16. The van der Waals surface area contributed by atoms with Crippen LogP contribution in [0.5, 0.6) is 0 Å². The van der Waals surface area contributed by atoms with Crippen LogP contribution in [0.2, 0.25) is 0 Å². The van der Waals surface area contributed by atoms with Crippen LogP contribution in [0.4, 0.5) is 0 Å². The fourth-order valence-electron chi connectivity index (χ4n) is 4.05. The van der Waals surface area contributed by atoms with Crippen LogP contribution in [0, 0.1) is 55.4 Å². The largest absolute Gasteiger partial charge is 2.00 e. The Bertz CT molecular complexity index is 596. The van der Waals surface area contributed by atoms with Crippen molar-refractivity contribution in [1.82, 2.24) is 0 Å². The van der Waals surface area contributed by atoms with Crippen LogP contribution in [0.3, 0.4) is 0 Å². The van der Waals surface area contributed by atoms with Crippen molar-refractivity contribution in [2.45, 2.75) is 108 Å². The maximum atomic E-state index is 2.26. The number of unbranched alkanes of at least 4 members (excludes halogenated alkanes) is 2. The minimum atomic E-state index is 0. The third kappa shape index (κ3) is 6.15. The van der Waals surface area contributed by atoms with Gasteiger partial charge in [-0.2, -0.15) is 55.6 Å². The van der Waals surface area contributed by atoms with Gasteiger partial charge in [-0.3, -0.25) is 0 Å². The standard InChI is InChI=1S/2C13H21.Zn/c2*1-6-7-8-13-11(4)9(2)10(3)12(13)5;/h2*6-8H2,1-5H3;/q2*-1;+2. The summed E-state index contributed by atoms with van der Waals surface area (Å²) in [6.45, 7) is 22.5. The van der Waals surface area contributed by atoms with E-state index in [1.54, 1.807) is 11.1 Å². The summed E-state index contributed by atoms with van der Waals surface area (Å²) < 4.78 is 0. The van der Waals surface area contributed by atoms with Crippen LogP contribution in [0.25, 0.3) is 0 Å². The molecule has 2 aromatic rings. The Morgan fingerprint density at radius 2 is 0.704 bits per heavy atom. The van der Waals surface area contributed by atoms with E-state index in [1.165, 1.54) is 83.0 Å². The summed E-state index contributed by atoms with van der Waals surface area (Å²) in [6, 6.07) is 0. The molecule has 0 aliphatic carbocycles. The average Bonchev–Trinajstić information content (AvgIpc) is 2.93. The van der Waals surface area contributed by atoms with Crippen LogP contribution >= 0.6 is 0 Å². The van der Waals surface area contributed by atoms with Crippen molar-refractivity contribution in [3.8, 4) is 0 Å². The molecule has 0 N–H and O–H groups in total. The molecule has 0 aromatic heterocycles. The summed E-state index contributed by atoms with van der Waals surface area (Å²) in [6.07, 6.45) is 7.77. The number of hydrogen-bond donors (Lipinski definition) is 0. The molecule has 0 heterocycles. The van der Waals surface area contributed by atoms with Gasteiger partial charge in [0.2, 0.25) is 0 Å². The van der Waals surface area contributed by atoms with Gasteiger partial charge >= 0.3 is 19.5 Å². The van der Waals surface area contributed by atoms with Crippen molar-refractivity contribution in [1.29, 1.82) is 0 Å². The Hall–Kier alpha value is -0.677. The van der Waals surface area contributed by atoms with Gasteiger partial charge in [-0.1, -0.05) is 108 Å². The van der Waals surface area contributed by atoms with Gasteiger partial charge in [-0.15, -0.1) is 0 Å². The first kappa shape index (κ1) is 26.3. The SMILES string of the molecule is CCCC[c-]1c(C)c(C)c(C)c1C.CCCC[c-]1c(C)c(C)c(C)c1C.[Zn+2]. The van der Waals surface area contributed by atoms with Gasteiger partial charge in [0.05, 0.1) is 0 Å². The molecule has 0 saturated carbocycles. The Balaban J connectivity index is 0.000000483. The van der Waals surface area contributed by atoms with Gasteiger partial charge in [-0.25, -0.2) is 0 Å². The number of rotatable bonds is 6. The molecular formula is C26H42Zn. The zero-order valence-corrected chi connectivity index (χ0v) is 22.9. The van der Waals surface area contributed by atoms with Gasteiger partial charge in [0.25, 0.3) is 0 Å². The Labute approximate surface area is 182 Å². The smallest absolute Gasteiger partial charge is 0.196 e. The fourth-order valence-corrected chi connectivity index (χ4v) is 4.05. The van der Waals surface area contributed by atoms with E-state index in [4.69, 9.17) is 0 Å². The molecule has 27 heavy (non-hydrogen) atoms. The molecule has 0 unspecified atom stereocenters. The summed E-state index contributed by atoms with van der Waals surface area (Å²) in [7, 11) is 0. The van der Waals surface area contributed by atoms with Crippen LogP contribution < -0.4 is 0 Å². The molecule has 0 aliphatic heterocycles. The Kier molecular flexibility index (Phi) is 11.7. The van der Waals surface area contributed by atoms with E-state index in [-0.39, 0.29) is 19.5 Å². The maximum Gasteiger partial charge on any atom is 2.00 e. The second-order valence-electron chi connectivity index (χ2n) is 8.16. The molecule has 0 saturated heterocycles. The third-order valence-electron chi connectivity index (χ3n) is 6.75. The van der Waals surface area contributed by atoms with Crippen molar-refractivity contribution in [3.63, 3.8) is 0 Å². The topological polar surface area (TPSA) is 0 Å². The third-order valence-corrected chi connectivity index (χ3v) is 6.75. The minimum Gasteiger partial charge on any atom is -0.196 e. The van der Waals surface area contributed by atoms with E-state index in [9.17, 15) is 0 Å².